The van der Waals surface area contributed by atoms with Crippen LogP contribution in [-0.2, 0) is 20.1 Å². The highest BCUT2D eigenvalue weighted by molar-refractivity contribution is 7.92. The van der Waals surface area contributed by atoms with Gasteiger partial charge in [-0.05, 0) is 54.1 Å². The third-order valence-corrected chi connectivity index (χ3v) is 5.94. The fourth-order valence-corrected chi connectivity index (χ4v) is 3.94. The van der Waals surface area contributed by atoms with Crippen molar-refractivity contribution < 1.29 is 21.4 Å². The number of hydrogen-bond donors (Lipinski definition) is 2. The first-order valence-electron chi connectivity index (χ1n) is 7.26. The van der Waals surface area contributed by atoms with Crippen molar-refractivity contribution >= 4 is 36.6 Å². The van der Waals surface area contributed by atoms with Gasteiger partial charge in [-0.15, -0.1) is 0 Å². The van der Waals surface area contributed by atoms with Crippen LogP contribution in [0.5, 0.6) is 0 Å². The highest BCUT2D eigenvalue weighted by Crippen LogP contribution is 2.24. The topological polar surface area (TPSA) is 101 Å². The molecule has 0 radical (unpaired) electrons. The smallest absolute Gasteiger partial charge is 0.282 e. The SMILES string of the molecule is Cc1ccc(S(=O)(=O)Nc2ccc3cc(S(=O)(=O)O)ccc3c2)cc1. The first kappa shape index (κ1) is 17.4. The first-order valence-corrected chi connectivity index (χ1v) is 10.2. The van der Waals surface area contributed by atoms with Gasteiger partial charge in [0.2, 0.25) is 0 Å². The Balaban J connectivity index is 1.95. The minimum atomic E-state index is -4.28. The predicted octanol–water partition coefficient (Wildman–Crippen LogP) is 3.20. The van der Waals surface area contributed by atoms with E-state index in [2.05, 4.69) is 4.72 Å². The van der Waals surface area contributed by atoms with E-state index >= 15 is 0 Å². The lowest BCUT2D eigenvalue weighted by molar-refractivity contribution is 0.483. The molecule has 3 aromatic rings. The van der Waals surface area contributed by atoms with Gasteiger partial charge >= 0.3 is 0 Å². The summed E-state index contributed by atoms with van der Waals surface area (Å²) >= 11 is 0. The Morgan fingerprint density at radius 3 is 1.96 bits per heavy atom. The van der Waals surface area contributed by atoms with Gasteiger partial charge in [-0.3, -0.25) is 9.27 Å². The van der Waals surface area contributed by atoms with Gasteiger partial charge in [-0.2, -0.15) is 8.42 Å². The molecule has 0 aliphatic heterocycles. The van der Waals surface area contributed by atoms with E-state index in [0.717, 1.165) is 5.56 Å². The molecular formula is C17H15NO5S2. The van der Waals surface area contributed by atoms with E-state index < -0.39 is 20.1 Å². The first-order chi connectivity index (χ1) is 11.6. The Morgan fingerprint density at radius 2 is 1.32 bits per heavy atom. The minimum absolute atomic E-state index is 0.153. The summed E-state index contributed by atoms with van der Waals surface area (Å²) in [6.07, 6.45) is 0. The average molecular weight is 377 g/mol. The number of benzene rings is 3. The fraction of sp³-hybridized carbons (Fsp3) is 0.0588. The van der Waals surface area contributed by atoms with Gasteiger partial charge < -0.3 is 0 Å². The number of anilines is 1. The summed E-state index contributed by atoms with van der Waals surface area (Å²) in [7, 11) is -8.00. The predicted molar refractivity (Wildman–Crippen MR) is 95.8 cm³/mol. The van der Waals surface area contributed by atoms with E-state index in [1.165, 1.54) is 36.4 Å². The van der Waals surface area contributed by atoms with Crippen LogP contribution in [0.15, 0.2) is 70.5 Å². The summed E-state index contributed by atoms with van der Waals surface area (Å²) in [5, 5.41) is 1.20. The van der Waals surface area contributed by atoms with Crippen molar-refractivity contribution in [3.05, 3.63) is 66.2 Å². The lowest BCUT2D eigenvalue weighted by Crippen LogP contribution is -2.12. The zero-order chi connectivity index (χ0) is 18.2. The highest BCUT2D eigenvalue weighted by Gasteiger charge is 2.15. The molecule has 0 fully saturated rings. The molecule has 3 rings (SSSR count). The molecule has 3 aromatic carbocycles. The second kappa shape index (κ2) is 6.14. The van der Waals surface area contributed by atoms with E-state index in [9.17, 15) is 16.8 Å². The molecule has 0 aromatic heterocycles. The van der Waals surface area contributed by atoms with Gasteiger partial charge in [0.15, 0.2) is 0 Å². The molecule has 0 amide bonds. The van der Waals surface area contributed by atoms with Crippen LogP contribution in [0.4, 0.5) is 5.69 Å². The Labute approximate surface area is 145 Å². The van der Waals surface area contributed by atoms with Crippen molar-refractivity contribution in [2.45, 2.75) is 16.7 Å². The fourth-order valence-electron chi connectivity index (χ4n) is 2.38. The van der Waals surface area contributed by atoms with Crippen LogP contribution in [0, 0.1) is 6.92 Å². The summed E-state index contributed by atoms with van der Waals surface area (Å²) in [5.74, 6) is 0. The van der Waals surface area contributed by atoms with Gasteiger partial charge in [-0.25, -0.2) is 8.42 Å². The van der Waals surface area contributed by atoms with Crippen LogP contribution in [0.25, 0.3) is 10.8 Å². The number of hydrogen-bond acceptors (Lipinski definition) is 4. The molecule has 0 aliphatic rings. The summed E-state index contributed by atoms with van der Waals surface area (Å²) in [6, 6.07) is 15.3. The van der Waals surface area contributed by atoms with Crippen molar-refractivity contribution in [3.63, 3.8) is 0 Å². The van der Waals surface area contributed by atoms with Crippen molar-refractivity contribution in [1.29, 1.82) is 0 Å². The molecule has 0 saturated heterocycles. The second-order valence-electron chi connectivity index (χ2n) is 5.62. The number of rotatable bonds is 4. The number of aryl methyl sites for hydroxylation is 1. The standard InChI is InChI=1S/C17H15NO5S2/c1-12-2-7-16(8-3-12)24(19,20)18-15-6-4-14-11-17(25(21,22)23)9-5-13(14)10-15/h2-11,18H,1H3,(H,21,22,23). The van der Waals surface area contributed by atoms with Gasteiger partial charge in [0.05, 0.1) is 9.79 Å². The molecule has 0 bridgehead atoms. The molecule has 25 heavy (non-hydrogen) atoms. The number of sulfonamides is 1. The molecule has 0 unspecified atom stereocenters. The quantitative estimate of drug-likeness (QED) is 0.680. The van der Waals surface area contributed by atoms with Gasteiger partial charge in [0.25, 0.3) is 20.1 Å². The normalized spacial score (nSPS) is 12.2. The lowest BCUT2D eigenvalue weighted by atomic mass is 10.1. The maximum Gasteiger partial charge on any atom is 0.294 e. The Hall–Kier alpha value is -2.42. The molecule has 8 heteroatoms. The highest BCUT2D eigenvalue weighted by atomic mass is 32.2. The molecule has 0 saturated carbocycles. The summed E-state index contributed by atoms with van der Waals surface area (Å²) in [6.45, 7) is 1.87. The molecule has 0 heterocycles. The Bertz CT molecular complexity index is 1150. The van der Waals surface area contributed by atoms with Crippen LogP contribution in [0.1, 0.15) is 5.56 Å². The van der Waals surface area contributed by atoms with E-state index in [4.69, 9.17) is 4.55 Å². The van der Waals surface area contributed by atoms with Crippen molar-refractivity contribution in [2.75, 3.05) is 4.72 Å². The molecule has 6 nitrogen and oxygen atoms in total. The largest absolute Gasteiger partial charge is 0.294 e. The number of nitrogens with one attached hydrogen (secondary N) is 1. The molecule has 2 N–H and O–H groups in total. The van der Waals surface area contributed by atoms with E-state index in [0.29, 0.717) is 16.5 Å². The van der Waals surface area contributed by atoms with Crippen LogP contribution in [0.2, 0.25) is 0 Å². The maximum absolute atomic E-state index is 12.4. The Morgan fingerprint density at radius 1 is 0.760 bits per heavy atom. The van der Waals surface area contributed by atoms with Crippen molar-refractivity contribution in [1.82, 2.24) is 0 Å². The maximum atomic E-state index is 12.4. The lowest BCUT2D eigenvalue weighted by Gasteiger charge is -2.10. The molecule has 0 aliphatic carbocycles. The molecule has 130 valence electrons. The average Bonchev–Trinajstić information content (AvgIpc) is 2.53. The zero-order valence-corrected chi connectivity index (χ0v) is 14.8. The van der Waals surface area contributed by atoms with Crippen LogP contribution < -0.4 is 4.72 Å². The molecular weight excluding hydrogens is 362 g/mol. The van der Waals surface area contributed by atoms with Crippen LogP contribution in [-0.4, -0.2) is 21.4 Å². The van der Waals surface area contributed by atoms with E-state index in [-0.39, 0.29) is 9.79 Å². The van der Waals surface area contributed by atoms with Gasteiger partial charge in [0, 0.05) is 5.69 Å². The second-order valence-corrected chi connectivity index (χ2v) is 8.72. The zero-order valence-electron chi connectivity index (χ0n) is 13.2. The van der Waals surface area contributed by atoms with Crippen LogP contribution >= 0.6 is 0 Å². The van der Waals surface area contributed by atoms with E-state index in [1.54, 1.807) is 24.3 Å². The summed E-state index contributed by atoms with van der Waals surface area (Å²) in [5.41, 5.74) is 1.31. The van der Waals surface area contributed by atoms with Gasteiger partial charge in [0.1, 0.15) is 0 Å². The molecule has 0 atom stereocenters. The minimum Gasteiger partial charge on any atom is -0.282 e. The third kappa shape index (κ3) is 3.81. The third-order valence-electron chi connectivity index (χ3n) is 3.69. The van der Waals surface area contributed by atoms with Crippen LogP contribution in [0.3, 0.4) is 0 Å². The Kier molecular flexibility index (Phi) is 4.28. The molecule has 0 spiro atoms. The summed E-state index contributed by atoms with van der Waals surface area (Å²) < 4.78 is 58.8. The summed E-state index contributed by atoms with van der Waals surface area (Å²) in [4.78, 5) is -0.0621. The van der Waals surface area contributed by atoms with E-state index in [1.807, 2.05) is 6.92 Å². The number of fused-ring (bicyclic) bond motifs is 1. The van der Waals surface area contributed by atoms with Gasteiger partial charge in [-0.1, -0.05) is 29.8 Å². The monoisotopic (exact) mass is 377 g/mol. The van der Waals surface area contributed by atoms with Crippen molar-refractivity contribution in [3.8, 4) is 0 Å². The van der Waals surface area contributed by atoms with Crippen molar-refractivity contribution in [2.24, 2.45) is 0 Å².